The quantitative estimate of drug-likeness (QED) is 0.802. The molecular formula is C15H27N3O2S. The Labute approximate surface area is 128 Å². The van der Waals surface area contributed by atoms with Crippen molar-refractivity contribution in [3.05, 3.63) is 29.8 Å². The standard InChI is InChI=1S/C15H27N3O2S/c1-12(16-4)13-8-7-9-14(10-13)21(19,20)17-11-15(2,3)18(5)6/h7-10,12,16-17H,11H2,1-6H3. The molecule has 0 aliphatic heterocycles. The van der Waals surface area contributed by atoms with E-state index in [1.54, 1.807) is 18.2 Å². The maximum absolute atomic E-state index is 12.4. The fourth-order valence-corrected chi connectivity index (χ4v) is 2.89. The summed E-state index contributed by atoms with van der Waals surface area (Å²) in [5.41, 5.74) is 0.704. The highest BCUT2D eigenvalue weighted by Crippen LogP contribution is 2.18. The molecule has 0 spiro atoms. The Balaban J connectivity index is 2.94. The second kappa shape index (κ2) is 6.87. The number of rotatable bonds is 7. The van der Waals surface area contributed by atoms with E-state index >= 15 is 0 Å². The summed E-state index contributed by atoms with van der Waals surface area (Å²) < 4.78 is 27.5. The van der Waals surface area contributed by atoms with Gasteiger partial charge in [0, 0.05) is 18.1 Å². The van der Waals surface area contributed by atoms with Crippen molar-refractivity contribution in [1.29, 1.82) is 0 Å². The summed E-state index contributed by atoms with van der Waals surface area (Å²) in [7, 11) is 2.22. The van der Waals surface area contributed by atoms with Gasteiger partial charge in [0.2, 0.25) is 10.0 Å². The van der Waals surface area contributed by atoms with Gasteiger partial charge in [-0.25, -0.2) is 13.1 Å². The number of nitrogens with zero attached hydrogens (tertiary/aromatic N) is 1. The fourth-order valence-electron chi connectivity index (χ4n) is 1.63. The summed E-state index contributed by atoms with van der Waals surface area (Å²) in [4.78, 5) is 2.30. The highest BCUT2D eigenvalue weighted by Gasteiger charge is 2.24. The van der Waals surface area contributed by atoms with Gasteiger partial charge >= 0.3 is 0 Å². The lowest BCUT2D eigenvalue weighted by atomic mass is 10.1. The van der Waals surface area contributed by atoms with Crippen molar-refractivity contribution in [3.8, 4) is 0 Å². The first kappa shape index (κ1) is 18.1. The van der Waals surface area contributed by atoms with Crippen molar-refractivity contribution < 1.29 is 8.42 Å². The Morgan fingerprint density at radius 3 is 2.43 bits per heavy atom. The highest BCUT2D eigenvalue weighted by molar-refractivity contribution is 7.89. The lowest BCUT2D eigenvalue weighted by Gasteiger charge is -2.32. The third-order valence-corrected chi connectivity index (χ3v) is 5.41. The molecule has 0 heterocycles. The maximum Gasteiger partial charge on any atom is 0.240 e. The predicted octanol–water partition coefficient (Wildman–Crippen LogP) is 1.59. The van der Waals surface area contributed by atoms with E-state index in [9.17, 15) is 8.42 Å². The van der Waals surface area contributed by atoms with E-state index in [0.29, 0.717) is 11.4 Å². The predicted molar refractivity (Wildman–Crippen MR) is 86.9 cm³/mol. The molecule has 120 valence electrons. The van der Waals surface area contributed by atoms with Crippen molar-refractivity contribution in [1.82, 2.24) is 14.9 Å². The second-order valence-electron chi connectivity index (χ2n) is 6.11. The lowest BCUT2D eigenvalue weighted by Crippen LogP contribution is -2.48. The van der Waals surface area contributed by atoms with Crippen LogP contribution >= 0.6 is 0 Å². The summed E-state index contributed by atoms with van der Waals surface area (Å²) in [6, 6.07) is 7.14. The molecule has 1 rings (SSSR count). The summed E-state index contributed by atoms with van der Waals surface area (Å²) in [6.07, 6.45) is 0. The molecule has 0 aliphatic rings. The Bertz CT molecular complexity index is 568. The van der Waals surface area contributed by atoms with Gasteiger partial charge in [0.1, 0.15) is 0 Å². The van der Waals surface area contributed by atoms with Crippen LogP contribution in [-0.2, 0) is 10.0 Å². The molecule has 21 heavy (non-hydrogen) atoms. The van der Waals surface area contributed by atoms with Crippen molar-refractivity contribution in [2.45, 2.75) is 37.2 Å². The molecule has 0 radical (unpaired) electrons. The van der Waals surface area contributed by atoms with Gasteiger partial charge in [-0.05, 0) is 59.6 Å². The van der Waals surface area contributed by atoms with E-state index in [1.807, 2.05) is 52.9 Å². The largest absolute Gasteiger partial charge is 0.313 e. The molecule has 6 heteroatoms. The molecule has 2 N–H and O–H groups in total. The molecule has 0 amide bonds. The SMILES string of the molecule is CNC(C)c1cccc(S(=O)(=O)NCC(C)(C)N(C)C)c1. The van der Waals surface area contributed by atoms with Gasteiger partial charge in [0.25, 0.3) is 0 Å². The highest BCUT2D eigenvalue weighted by atomic mass is 32.2. The summed E-state index contributed by atoms with van der Waals surface area (Å²) in [5, 5.41) is 3.11. The topological polar surface area (TPSA) is 61.4 Å². The monoisotopic (exact) mass is 313 g/mol. The van der Waals surface area contributed by atoms with E-state index < -0.39 is 10.0 Å². The molecule has 1 atom stereocenters. The first-order chi connectivity index (χ1) is 9.60. The normalized spacial score (nSPS) is 14.4. The van der Waals surface area contributed by atoms with E-state index in [1.165, 1.54) is 0 Å². The van der Waals surface area contributed by atoms with Crippen LogP contribution in [0.4, 0.5) is 0 Å². The van der Waals surface area contributed by atoms with Gasteiger partial charge in [-0.2, -0.15) is 0 Å². The van der Waals surface area contributed by atoms with E-state index in [2.05, 4.69) is 10.0 Å². The molecule has 5 nitrogen and oxygen atoms in total. The fraction of sp³-hybridized carbons (Fsp3) is 0.600. The number of benzene rings is 1. The molecule has 0 aromatic heterocycles. The van der Waals surface area contributed by atoms with Gasteiger partial charge in [-0.1, -0.05) is 12.1 Å². The molecule has 0 bridgehead atoms. The van der Waals surface area contributed by atoms with E-state index in [-0.39, 0.29) is 11.6 Å². The van der Waals surface area contributed by atoms with Crippen molar-refractivity contribution >= 4 is 10.0 Å². The first-order valence-corrected chi connectivity index (χ1v) is 8.53. The number of nitrogens with one attached hydrogen (secondary N) is 2. The Hall–Kier alpha value is -0.950. The zero-order valence-corrected chi connectivity index (χ0v) is 14.6. The Morgan fingerprint density at radius 1 is 1.29 bits per heavy atom. The van der Waals surface area contributed by atoms with Crippen LogP contribution in [0, 0.1) is 0 Å². The van der Waals surface area contributed by atoms with Gasteiger partial charge < -0.3 is 10.2 Å². The van der Waals surface area contributed by atoms with E-state index in [4.69, 9.17) is 0 Å². The Kier molecular flexibility index (Phi) is 5.92. The van der Waals surface area contributed by atoms with Crippen molar-refractivity contribution in [2.24, 2.45) is 0 Å². The molecule has 1 aromatic rings. The maximum atomic E-state index is 12.4. The van der Waals surface area contributed by atoms with Crippen LogP contribution in [-0.4, -0.2) is 46.5 Å². The summed E-state index contributed by atoms with van der Waals surface area (Å²) in [5.74, 6) is 0. The van der Waals surface area contributed by atoms with Crippen LogP contribution in [0.2, 0.25) is 0 Å². The third-order valence-electron chi connectivity index (χ3n) is 4.01. The smallest absolute Gasteiger partial charge is 0.240 e. The molecule has 1 unspecified atom stereocenters. The third kappa shape index (κ3) is 4.78. The number of sulfonamides is 1. The van der Waals surface area contributed by atoms with Crippen LogP contribution in [0.15, 0.2) is 29.2 Å². The van der Waals surface area contributed by atoms with Crippen LogP contribution in [0.3, 0.4) is 0 Å². The Morgan fingerprint density at radius 2 is 1.90 bits per heavy atom. The van der Waals surface area contributed by atoms with Crippen LogP contribution in [0.5, 0.6) is 0 Å². The number of likely N-dealkylation sites (N-methyl/N-ethyl adjacent to an activating group) is 1. The average molecular weight is 313 g/mol. The van der Waals surface area contributed by atoms with Gasteiger partial charge in [0.05, 0.1) is 4.90 Å². The minimum atomic E-state index is -3.50. The minimum absolute atomic E-state index is 0.110. The summed E-state index contributed by atoms with van der Waals surface area (Å²) >= 11 is 0. The van der Waals surface area contributed by atoms with Gasteiger partial charge in [-0.3, -0.25) is 0 Å². The van der Waals surface area contributed by atoms with Crippen LogP contribution < -0.4 is 10.0 Å². The van der Waals surface area contributed by atoms with Crippen molar-refractivity contribution in [2.75, 3.05) is 27.7 Å². The zero-order valence-electron chi connectivity index (χ0n) is 13.8. The van der Waals surface area contributed by atoms with Crippen molar-refractivity contribution in [3.63, 3.8) is 0 Å². The molecule has 1 aromatic carbocycles. The first-order valence-electron chi connectivity index (χ1n) is 7.04. The average Bonchev–Trinajstić information content (AvgIpc) is 2.44. The summed E-state index contributed by atoms with van der Waals surface area (Å²) in [6.45, 7) is 6.34. The molecule has 0 aliphatic carbocycles. The van der Waals surface area contributed by atoms with Crippen LogP contribution in [0.1, 0.15) is 32.4 Å². The molecule has 0 saturated carbocycles. The number of hydrogen-bond donors (Lipinski definition) is 2. The minimum Gasteiger partial charge on any atom is -0.313 e. The van der Waals surface area contributed by atoms with Crippen LogP contribution in [0.25, 0.3) is 0 Å². The molecule has 0 saturated heterocycles. The van der Waals surface area contributed by atoms with Gasteiger partial charge in [-0.15, -0.1) is 0 Å². The lowest BCUT2D eigenvalue weighted by molar-refractivity contribution is 0.199. The zero-order chi connectivity index (χ0) is 16.3. The van der Waals surface area contributed by atoms with Gasteiger partial charge in [0.15, 0.2) is 0 Å². The second-order valence-corrected chi connectivity index (χ2v) is 7.88. The number of hydrogen-bond acceptors (Lipinski definition) is 4. The molecule has 0 fully saturated rings. The molecular weight excluding hydrogens is 286 g/mol. The van der Waals surface area contributed by atoms with E-state index in [0.717, 1.165) is 5.56 Å².